The predicted molar refractivity (Wildman–Crippen MR) is 92.4 cm³/mol. The first kappa shape index (κ1) is 15.7. The Kier molecular flexibility index (Phi) is 4.52. The van der Waals surface area contributed by atoms with E-state index < -0.39 is 0 Å². The molecule has 3 aromatic rings. The molecule has 5 nitrogen and oxygen atoms in total. The van der Waals surface area contributed by atoms with E-state index >= 15 is 0 Å². The van der Waals surface area contributed by atoms with Crippen LogP contribution in [0.2, 0.25) is 0 Å². The molecule has 0 spiro atoms. The van der Waals surface area contributed by atoms with Gasteiger partial charge in [-0.25, -0.2) is 0 Å². The maximum atomic E-state index is 12.2. The molecule has 2 heterocycles. The van der Waals surface area contributed by atoms with E-state index in [2.05, 4.69) is 15.3 Å². The van der Waals surface area contributed by atoms with Crippen molar-refractivity contribution in [3.8, 4) is 11.5 Å². The van der Waals surface area contributed by atoms with E-state index in [-0.39, 0.29) is 5.91 Å². The van der Waals surface area contributed by atoms with E-state index in [0.29, 0.717) is 17.0 Å². The molecule has 1 aromatic carbocycles. The van der Waals surface area contributed by atoms with Gasteiger partial charge in [0.25, 0.3) is 5.91 Å². The van der Waals surface area contributed by atoms with E-state index in [1.807, 2.05) is 44.2 Å². The normalized spacial score (nSPS) is 10.2. The van der Waals surface area contributed by atoms with Crippen LogP contribution in [0, 0.1) is 13.8 Å². The molecule has 120 valence electrons. The van der Waals surface area contributed by atoms with E-state index in [0.717, 1.165) is 17.0 Å². The van der Waals surface area contributed by atoms with Gasteiger partial charge in [-0.05, 0) is 61.9 Å². The molecular formula is C19H17N3O2. The van der Waals surface area contributed by atoms with E-state index in [4.69, 9.17) is 4.74 Å². The third-order valence-electron chi connectivity index (χ3n) is 3.47. The van der Waals surface area contributed by atoms with E-state index in [1.165, 1.54) is 0 Å². The minimum atomic E-state index is -0.192. The molecule has 0 aliphatic carbocycles. The van der Waals surface area contributed by atoms with Gasteiger partial charge in [0.15, 0.2) is 0 Å². The molecule has 1 N–H and O–H groups in total. The number of amides is 1. The van der Waals surface area contributed by atoms with Gasteiger partial charge in [0.05, 0.1) is 11.8 Å². The number of carbonyl (C=O) groups is 1. The van der Waals surface area contributed by atoms with Crippen LogP contribution in [0.4, 0.5) is 5.69 Å². The highest BCUT2D eigenvalue weighted by atomic mass is 16.5. The molecule has 0 aliphatic heterocycles. The van der Waals surface area contributed by atoms with Gasteiger partial charge in [-0.15, -0.1) is 0 Å². The van der Waals surface area contributed by atoms with Crippen molar-refractivity contribution in [2.45, 2.75) is 13.8 Å². The maximum absolute atomic E-state index is 12.2. The van der Waals surface area contributed by atoms with Crippen LogP contribution in [0.15, 0.2) is 61.1 Å². The Balaban J connectivity index is 1.72. The van der Waals surface area contributed by atoms with Crippen molar-refractivity contribution in [3.63, 3.8) is 0 Å². The Labute approximate surface area is 140 Å². The molecule has 24 heavy (non-hydrogen) atoms. The van der Waals surface area contributed by atoms with Crippen LogP contribution in [0.25, 0.3) is 0 Å². The van der Waals surface area contributed by atoms with Crippen molar-refractivity contribution >= 4 is 11.6 Å². The van der Waals surface area contributed by atoms with Crippen molar-refractivity contribution in [1.82, 2.24) is 9.97 Å². The smallest absolute Gasteiger partial charge is 0.257 e. The van der Waals surface area contributed by atoms with Gasteiger partial charge in [-0.2, -0.15) is 0 Å². The first-order valence-electron chi connectivity index (χ1n) is 7.54. The summed E-state index contributed by atoms with van der Waals surface area (Å²) in [4.78, 5) is 20.4. The van der Waals surface area contributed by atoms with Crippen LogP contribution < -0.4 is 10.1 Å². The Hall–Kier alpha value is -3.21. The number of anilines is 1. The second-order valence-corrected chi connectivity index (χ2v) is 5.41. The predicted octanol–water partition coefficient (Wildman–Crippen LogP) is 4.14. The highest BCUT2D eigenvalue weighted by Gasteiger charge is 2.08. The minimum Gasteiger partial charge on any atom is -0.455 e. The molecule has 0 saturated heterocycles. The molecular weight excluding hydrogens is 302 g/mol. The number of rotatable bonds is 4. The monoisotopic (exact) mass is 319 g/mol. The summed E-state index contributed by atoms with van der Waals surface area (Å²) in [7, 11) is 0. The van der Waals surface area contributed by atoms with Crippen molar-refractivity contribution in [2.24, 2.45) is 0 Å². The largest absolute Gasteiger partial charge is 0.455 e. The van der Waals surface area contributed by atoms with E-state index in [1.54, 1.807) is 30.7 Å². The number of hydrogen-bond acceptors (Lipinski definition) is 4. The molecule has 1 amide bonds. The lowest BCUT2D eigenvalue weighted by Crippen LogP contribution is -2.12. The Morgan fingerprint density at radius 3 is 2.62 bits per heavy atom. The summed E-state index contributed by atoms with van der Waals surface area (Å²) in [5.74, 6) is 1.20. The standard InChI is InChI=1S/C19H17N3O2/c1-13-10-16(22-19(23)15-6-5-14(2)21-11-15)7-8-18(13)24-17-4-3-9-20-12-17/h3-12H,1-2H3,(H,22,23). The lowest BCUT2D eigenvalue weighted by atomic mass is 10.2. The molecule has 0 saturated carbocycles. The second-order valence-electron chi connectivity index (χ2n) is 5.41. The molecule has 0 unspecified atom stereocenters. The third kappa shape index (κ3) is 3.76. The average Bonchev–Trinajstić information content (AvgIpc) is 2.59. The summed E-state index contributed by atoms with van der Waals surface area (Å²) < 4.78 is 5.78. The number of ether oxygens (including phenoxy) is 1. The quantitative estimate of drug-likeness (QED) is 0.785. The van der Waals surface area contributed by atoms with Crippen molar-refractivity contribution in [2.75, 3.05) is 5.32 Å². The average molecular weight is 319 g/mol. The number of aryl methyl sites for hydroxylation is 2. The Morgan fingerprint density at radius 2 is 1.96 bits per heavy atom. The zero-order chi connectivity index (χ0) is 16.9. The van der Waals surface area contributed by atoms with Gasteiger partial charge in [0, 0.05) is 23.8 Å². The molecule has 0 atom stereocenters. The summed E-state index contributed by atoms with van der Waals surface area (Å²) >= 11 is 0. The van der Waals surface area contributed by atoms with Crippen LogP contribution >= 0.6 is 0 Å². The van der Waals surface area contributed by atoms with Crippen LogP contribution in [0.3, 0.4) is 0 Å². The van der Waals surface area contributed by atoms with Crippen LogP contribution in [0.1, 0.15) is 21.6 Å². The van der Waals surface area contributed by atoms with Gasteiger partial charge in [0.1, 0.15) is 11.5 Å². The lowest BCUT2D eigenvalue weighted by molar-refractivity contribution is 0.102. The topological polar surface area (TPSA) is 64.1 Å². The minimum absolute atomic E-state index is 0.192. The van der Waals surface area contributed by atoms with Gasteiger partial charge < -0.3 is 10.1 Å². The number of nitrogens with zero attached hydrogens (tertiary/aromatic N) is 2. The molecule has 0 radical (unpaired) electrons. The number of aromatic nitrogens is 2. The van der Waals surface area contributed by atoms with Gasteiger partial charge >= 0.3 is 0 Å². The number of pyridine rings is 2. The summed E-state index contributed by atoms with van der Waals surface area (Å²) in [6.45, 7) is 3.81. The van der Waals surface area contributed by atoms with Crippen LogP contribution in [-0.2, 0) is 0 Å². The highest BCUT2D eigenvalue weighted by Crippen LogP contribution is 2.27. The van der Waals surface area contributed by atoms with Crippen molar-refractivity contribution in [3.05, 3.63) is 77.9 Å². The molecule has 0 fully saturated rings. The van der Waals surface area contributed by atoms with Crippen molar-refractivity contribution < 1.29 is 9.53 Å². The van der Waals surface area contributed by atoms with Crippen LogP contribution in [0.5, 0.6) is 11.5 Å². The van der Waals surface area contributed by atoms with E-state index in [9.17, 15) is 4.79 Å². The number of carbonyl (C=O) groups excluding carboxylic acids is 1. The summed E-state index contributed by atoms with van der Waals surface area (Å²) in [5, 5.41) is 2.86. The molecule has 2 aromatic heterocycles. The second kappa shape index (κ2) is 6.91. The zero-order valence-corrected chi connectivity index (χ0v) is 13.5. The zero-order valence-electron chi connectivity index (χ0n) is 13.5. The lowest BCUT2D eigenvalue weighted by Gasteiger charge is -2.11. The van der Waals surface area contributed by atoms with Gasteiger partial charge in [-0.1, -0.05) is 0 Å². The fraction of sp³-hybridized carbons (Fsp3) is 0.105. The molecule has 0 aliphatic rings. The summed E-state index contributed by atoms with van der Waals surface area (Å²) in [5.41, 5.74) is 3.02. The van der Waals surface area contributed by atoms with Crippen molar-refractivity contribution in [1.29, 1.82) is 0 Å². The molecule has 5 heteroatoms. The first-order valence-corrected chi connectivity index (χ1v) is 7.54. The molecule has 3 rings (SSSR count). The molecule has 0 bridgehead atoms. The Morgan fingerprint density at radius 1 is 1.08 bits per heavy atom. The number of benzene rings is 1. The first-order chi connectivity index (χ1) is 11.6. The highest BCUT2D eigenvalue weighted by molar-refractivity contribution is 6.04. The van der Waals surface area contributed by atoms with Gasteiger partial charge in [0.2, 0.25) is 0 Å². The summed E-state index contributed by atoms with van der Waals surface area (Å²) in [6, 6.07) is 12.7. The van der Waals surface area contributed by atoms with Gasteiger partial charge in [-0.3, -0.25) is 14.8 Å². The number of nitrogens with one attached hydrogen (secondary N) is 1. The summed E-state index contributed by atoms with van der Waals surface area (Å²) in [6.07, 6.45) is 4.91. The van der Waals surface area contributed by atoms with Crippen LogP contribution in [-0.4, -0.2) is 15.9 Å². The maximum Gasteiger partial charge on any atom is 0.257 e. The Bertz CT molecular complexity index is 846. The fourth-order valence-corrected chi connectivity index (χ4v) is 2.18. The SMILES string of the molecule is Cc1ccc(C(=O)Nc2ccc(Oc3cccnc3)c(C)c2)cn1. The fourth-order valence-electron chi connectivity index (χ4n) is 2.18. The number of hydrogen-bond donors (Lipinski definition) is 1. The third-order valence-corrected chi connectivity index (χ3v) is 3.47.